The quantitative estimate of drug-likeness (QED) is 0.0334. The van der Waals surface area contributed by atoms with E-state index in [1.165, 1.54) is 33.3 Å². The van der Waals surface area contributed by atoms with Crippen molar-refractivity contribution in [2.75, 3.05) is 26.4 Å². The van der Waals surface area contributed by atoms with Crippen LogP contribution in [0.5, 0.6) is 0 Å². The third kappa shape index (κ3) is 20.8. The smallest absolute Gasteiger partial charge is 0.322 e. The van der Waals surface area contributed by atoms with Gasteiger partial charge in [0.2, 0.25) is 59.1 Å². The highest BCUT2D eigenvalue weighted by Crippen LogP contribution is 2.09. The van der Waals surface area contributed by atoms with Crippen molar-refractivity contribution in [2.45, 2.75) is 115 Å². The first-order valence-corrected chi connectivity index (χ1v) is 22.7. The van der Waals surface area contributed by atoms with Gasteiger partial charge in [0.1, 0.15) is 54.9 Å². The fraction of sp³-hybridized carbons (Fsp3) is 0.545. The van der Waals surface area contributed by atoms with Crippen molar-refractivity contribution in [1.82, 2.24) is 57.8 Å². The van der Waals surface area contributed by atoms with Crippen LogP contribution in [-0.2, 0) is 65.6 Å². The van der Waals surface area contributed by atoms with E-state index in [1.807, 2.05) is 19.2 Å². The molecule has 0 aliphatic carbocycles. The van der Waals surface area contributed by atoms with Crippen molar-refractivity contribution >= 4 is 65.0 Å². The standard InChI is InChI=1S/C44H67N13O15/c1-21(2)11-26(45)37(65)51-27(12-24-9-7-6-8-10-24)40(68)54-30(17-58)41(69)52-28(13-25-15-47-20-49-25)39(67)50-23(5)36(64)57-35(22(3)4)44(72)56-32(19-60)43(71)55-31(18-59)42(70)53-29(14-33(46)61)38(66)48-16-34(62)63/h6-10,15,20-23,26-32,35,58-60H,11-14,16-19,45H2,1-5H3,(H2,46,61)(H,47,49)(H,48,66)(H,50,67)(H,51,65)(H,52,69)(H,53,70)(H,54,68)(H,55,71)(H,56,72)(H,57,64)(H,62,63)/t23-,26-,27-,28-,29-,30-,31-,32-,35-/m0/s1. The molecule has 10 amide bonds. The first kappa shape index (κ1) is 60.6. The van der Waals surface area contributed by atoms with Gasteiger partial charge in [-0.2, -0.15) is 0 Å². The molecule has 28 heteroatoms. The van der Waals surface area contributed by atoms with Crippen LogP contribution in [-0.4, -0.2) is 176 Å². The Morgan fingerprint density at radius 3 is 1.53 bits per heavy atom. The summed E-state index contributed by atoms with van der Waals surface area (Å²) >= 11 is 0. The number of nitrogens with zero attached hydrogens (tertiary/aromatic N) is 1. The molecule has 1 heterocycles. The molecule has 398 valence electrons. The minimum atomic E-state index is -1.85. The number of amides is 10. The van der Waals surface area contributed by atoms with E-state index in [9.17, 15) is 68.1 Å². The van der Waals surface area contributed by atoms with Gasteiger partial charge < -0.3 is 84.7 Å². The van der Waals surface area contributed by atoms with Crippen molar-refractivity contribution in [3.63, 3.8) is 0 Å². The van der Waals surface area contributed by atoms with E-state index in [4.69, 9.17) is 16.6 Å². The van der Waals surface area contributed by atoms with E-state index < -0.39 is 158 Å². The predicted molar refractivity (Wildman–Crippen MR) is 252 cm³/mol. The summed E-state index contributed by atoms with van der Waals surface area (Å²) in [5.41, 5.74) is 12.2. The summed E-state index contributed by atoms with van der Waals surface area (Å²) in [6.07, 6.45) is 1.93. The average molecular weight is 1020 g/mol. The third-order valence-corrected chi connectivity index (χ3v) is 10.5. The number of carbonyl (C=O) groups is 11. The van der Waals surface area contributed by atoms with E-state index in [1.54, 1.807) is 30.3 Å². The number of aromatic amines is 1. The zero-order valence-electron chi connectivity index (χ0n) is 40.4. The first-order valence-electron chi connectivity index (χ1n) is 22.7. The lowest BCUT2D eigenvalue weighted by Crippen LogP contribution is -2.62. The molecule has 0 aliphatic rings. The lowest BCUT2D eigenvalue weighted by molar-refractivity contribution is -0.139. The van der Waals surface area contributed by atoms with Gasteiger partial charge in [-0.3, -0.25) is 52.7 Å². The molecule has 2 aromatic rings. The lowest BCUT2D eigenvalue weighted by Gasteiger charge is -2.27. The second-order valence-corrected chi connectivity index (χ2v) is 17.4. The molecule has 72 heavy (non-hydrogen) atoms. The van der Waals surface area contributed by atoms with E-state index in [-0.39, 0.29) is 18.8 Å². The Hall–Kier alpha value is -7.56. The number of primary amides is 1. The molecule has 28 nitrogen and oxygen atoms in total. The van der Waals surface area contributed by atoms with Crippen molar-refractivity contribution in [3.8, 4) is 0 Å². The number of benzene rings is 1. The Bertz CT molecular complexity index is 2180. The lowest BCUT2D eigenvalue weighted by atomic mass is 10.0. The zero-order chi connectivity index (χ0) is 54.2. The largest absolute Gasteiger partial charge is 0.480 e. The molecule has 0 spiro atoms. The number of nitrogens with two attached hydrogens (primary N) is 2. The van der Waals surface area contributed by atoms with Gasteiger partial charge in [-0.25, -0.2) is 4.98 Å². The number of hydrogen-bond donors (Lipinski definition) is 16. The SMILES string of the molecule is CC(C)C[C@H](N)C(=O)N[C@@H](Cc1ccccc1)C(=O)N[C@@H](CO)C(=O)N[C@@H](Cc1cnc[nH]1)C(=O)N[C@@H](C)C(=O)N[C@H](C(=O)N[C@@H](CO)C(=O)N[C@@H](CO)C(=O)N[C@@H](CC(N)=O)C(=O)NCC(=O)O)C(C)C. The highest BCUT2D eigenvalue weighted by Gasteiger charge is 2.35. The number of rotatable bonds is 31. The van der Waals surface area contributed by atoms with Gasteiger partial charge in [0.05, 0.1) is 38.6 Å². The molecule has 9 atom stereocenters. The Kier molecular flexibility index (Phi) is 25.4. The maximum Gasteiger partial charge on any atom is 0.322 e. The van der Waals surface area contributed by atoms with Crippen LogP contribution in [0.4, 0.5) is 0 Å². The van der Waals surface area contributed by atoms with Crippen LogP contribution in [0.25, 0.3) is 0 Å². The minimum Gasteiger partial charge on any atom is -0.480 e. The van der Waals surface area contributed by atoms with E-state index in [0.717, 1.165) is 0 Å². The van der Waals surface area contributed by atoms with E-state index in [2.05, 4.69) is 52.5 Å². The molecular weight excluding hydrogens is 951 g/mol. The number of imidazole rings is 1. The van der Waals surface area contributed by atoms with Gasteiger partial charge in [0, 0.05) is 24.7 Å². The normalized spacial score (nSPS) is 14.8. The molecule has 0 saturated heterocycles. The molecule has 0 aliphatic heterocycles. The maximum atomic E-state index is 13.8. The number of hydrogen-bond acceptors (Lipinski definition) is 16. The molecule has 0 unspecified atom stereocenters. The average Bonchev–Trinajstić information content (AvgIpc) is 3.84. The number of carbonyl (C=O) groups excluding carboxylic acids is 10. The molecule has 1 aromatic heterocycles. The van der Waals surface area contributed by atoms with Crippen LogP contribution >= 0.6 is 0 Å². The van der Waals surface area contributed by atoms with Gasteiger partial charge in [0.25, 0.3) is 0 Å². The van der Waals surface area contributed by atoms with Crippen LogP contribution in [0.3, 0.4) is 0 Å². The summed E-state index contributed by atoms with van der Waals surface area (Å²) in [6.45, 7) is 4.00. The number of aliphatic hydroxyl groups is 3. The Labute approximate surface area is 413 Å². The number of H-pyrrole nitrogens is 1. The van der Waals surface area contributed by atoms with Crippen molar-refractivity contribution in [2.24, 2.45) is 23.3 Å². The van der Waals surface area contributed by atoms with Gasteiger partial charge in [-0.05, 0) is 30.7 Å². The molecule has 0 bridgehead atoms. The Balaban J connectivity index is 2.19. The molecule has 0 fully saturated rings. The van der Waals surface area contributed by atoms with Crippen molar-refractivity contribution in [3.05, 3.63) is 54.1 Å². The van der Waals surface area contributed by atoms with Crippen molar-refractivity contribution < 1.29 is 73.2 Å². The van der Waals surface area contributed by atoms with E-state index in [0.29, 0.717) is 17.7 Å². The summed E-state index contributed by atoms with van der Waals surface area (Å²) in [5.74, 6) is -12.2. The number of aromatic nitrogens is 2. The van der Waals surface area contributed by atoms with E-state index >= 15 is 0 Å². The number of nitrogens with one attached hydrogen (secondary N) is 10. The Morgan fingerprint density at radius 1 is 0.583 bits per heavy atom. The van der Waals surface area contributed by atoms with Gasteiger partial charge in [-0.1, -0.05) is 58.0 Å². The second kappa shape index (κ2) is 30.2. The summed E-state index contributed by atoms with van der Waals surface area (Å²) in [7, 11) is 0. The van der Waals surface area contributed by atoms with Crippen LogP contribution in [0.2, 0.25) is 0 Å². The number of carboxylic acids is 1. The predicted octanol–water partition coefficient (Wildman–Crippen LogP) is -6.82. The van der Waals surface area contributed by atoms with Crippen LogP contribution in [0, 0.1) is 11.8 Å². The van der Waals surface area contributed by atoms with Gasteiger partial charge >= 0.3 is 5.97 Å². The van der Waals surface area contributed by atoms with Gasteiger partial charge in [-0.15, -0.1) is 0 Å². The zero-order valence-corrected chi connectivity index (χ0v) is 40.4. The molecular formula is C44H67N13O15. The summed E-state index contributed by atoms with van der Waals surface area (Å²) < 4.78 is 0. The fourth-order valence-electron chi connectivity index (χ4n) is 6.60. The van der Waals surface area contributed by atoms with Crippen LogP contribution in [0.15, 0.2) is 42.9 Å². The highest BCUT2D eigenvalue weighted by molar-refractivity contribution is 5.99. The monoisotopic (exact) mass is 1020 g/mol. The summed E-state index contributed by atoms with van der Waals surface area (Å²) in [4.78, 5) is 149. The van der Waals surface area contributed by atoms with Crippen molar-refractivity contribution in [1.29, 1.82) is 0 Å². The molecule has 18 N–H and O–H groups in total. The molecule has 0 radical (unpaired) electrons. The number of aliphatic carboxylic acids is 1. The number of carboxylic acid groups (broad SMARTS) is 1. The highest BCUT2D eigenvalue weighted by atomic mass is 16.4. The first-order chi connectivity index (χ1) is 33.9. The van der Waals surface area contributed by atoms with Gasteiger partial charge in [0.15, 0.2) is 0 Å². The van der Waals surface area contributed by atoms with Crippen LogP contribution < -0.4 is 59.3 Å². The summed E-state index contributed by atoms with van der Waals surface area (Å²) in [5, 5.41) is 59.6. The molecule has 0 saturated carbocycles. The fourth-order valence-corrected chi connectivity index (χ4v) is 6.60. The Morgan fingerprint density at radius 2 is 1.06 bits per heavy atom. The second-order valence-electron chi connectivity index (χ2n) is 17.4. The summed E-state index contributed by atoms with van der Waals surface area (Å²) in [6, 6.07) is -4.89. The minimum absolute atomic E-state index is 0.00848. The molecule has 1 aromatic carbocycles. The van der Waals surface area contributed by atoms with Crippen LogP contribution in [0.1, 0.15) is 58.7 Å². The third-order valence-electron chi connectivity index (χ3n) is 10.5. The maximum absolute atomic E-state index is 13.8. The number of aliphatic hydroxyl groups excluding tert-OH is 3. The molecule has 2 rings (SSSR count). The topological polar surface area (TPSA) is 458 Å².